The number of rotatable bonds is 2. The van der Waals surface area contributed by atoms with Gasteiger partial charge in [-0.05, 0) is 52.3 Å². The number of carbonyl (C=O) groups excluding carboxylic acids is 1. The first-order chi connectivity index (χ1) is 10.3. The summed E-state index contributed by atoms with van der Waals surface area (Å²) in [5.74, 6) is -0.0412. The quantitative estimate of drug-likeness (QED) is 0.576. The van der Waals surface area contributed by atoms with E-state index in [2.05, 4.69) is 41.7 Å². The zero-order valence-corrected chi connectivity index (χ0v) is 12.1. The smallest absolute Gasteiger partial charge is 0.265 e. The van der Waals surface area contributed by atoms with Gasteiger partial charge in [-0.1, -0.05) is 36.4 Å². The van der Waals surface area contributed by atoms with Gasteiger partial charge in [0.2, 0.25) is 0 Å². The number of hydrogen-bond acceptors (Lipinski definition) is 2. The molecule has 0 radical (unpaired) electrons. The minimum atomic E-state index is -0.0412. The molecule has 2 aromatic carbocycles. The molecule has 0 bridgehead atoms. The Morgan fingerprint density at radius 3 is 2.67 bits per heavy atom. The SMILES string of the molecule is O=C(Nc1ccc2c(c1)Cc1ccccc1-2)c1cccs1. The van der Waals surface area contributed by atoms with Crippen LogP contribution in [0.2, 0.25) is 0 Å². The minimum Gasteiger partial charge on any atom is -0.321 e. The van der Waals surface area contributed by atoms with Crippen molar-refractivity contribution in [3.8, 4) is 11.1 Å². The topological polar surface area (TPSA) is 29.1 Å². The van der Waals surface area contributed by atoms with E-state index < -0.39 is 0 Å². The van der Waals surface area contributed by atoms with Crippen LogP contribution in [0.3, 0.4) is 0 Å². The van der Waals surface area contributed by atoms with Crippen LogP contribution in [0.1, 0.15) is 20.8 Å². The monoisotopic (exact) mass is 291 g/mol. The molecule has 0 saturated carbocycles. The fourth-order valence-corrected chi connectivity index (χ4v) is 3.44. The standard InChI is InChI=1S/C18H13NOS/c20-18(17-6-3-9-21-17)19-14-7-8-16-13(11-14)10-12-4-1-2-5-15(12)16/h1-9,11H,10H2,(H,19,20). The maximum Gasteiger partial charge on any atom is 0.265 e. The van der Waals surface area contributed by atoms with Gasteiger partial charge in [-0.3, -0.25) is 4.79 Å². The molecule has 0 saturated heterocycles. The molecule has 0 fully saturated rings. The van der Waals surface area contributed by atoms with Crippen molar-refractivity contribution in [3.63, 3.8) is 0 Å². The highest BCUT2D eigenvalue weighted by atomic mass is 32.1. The van der Waals surface area contributed by atoms with Gasteiger partial charge in [-0.2, -0.15) is 0 Å². The fraction of sp³-hybridized carbons (Fsp3) is 0.0556. The minimum absolute atomic E-state index is 0.0412. The summed E-state index contributed by atoms with van der Waals surface area (Å²) >= 11 is 1.45. The molecule has 1 N–H and O–H groups in total. The molecule has 1 aliphatic rings. The summed E-state index contributed by atoms with van der Waals surface area (Å²) < 4.78 is 0. The van der Waals surface area contributed by atoms with Gasteiger partial charge in [0.1, 0.15) is 0 Å². The predicted molar refractivity (Wildman–Crippen MR) is 87.0 cm³/mol. The van der Waals surface area contributed by atoms with Gasteiger partial charge in [-0.15, -0.1) is 11.3 Å². The number of benzene rings is 2. The van der Waals surface area contributed by atoms with Crippen molar-refractivity contribution in [1.82, 2.24) is 0 Å². The normalized spacial score (nSPS) is 11.8. The van der Waals surface area contributed by atoms with Gasteiger partial charge in [0.15, 0.2) is 0 Å². The third-order valence-electron chi connectivity index (χ3n) is 3.80. The zero-order chi connectivity index (χ0) is 14.2. The van der Waals surface area contributed by atoms with Gasteiger partial charge >= 0.3 is 0 Å². The van der Waals surface area contributed by atoms with Gasteiger partial charge in [0.25, 0.3) is 5.91 Å². The zero-order valence-electron chi connectivity index (χ0n) is 11.3. The van der Waals surface area contributed by atoms with E-state index in [1.807, 2.05) is 23.6 Å². The van der Waals surface area contributed by atoms with Crippen molar-refractivity contribution in [2.75, 3.05) is 5.32 Å². The molecule has 3 heteroatoms. The summed E-state index contributed by atoms with van der Waals surface area (Å²) in [6.07, 6.45) is 0.939. The van der Waals surface area contributed by atoms with E-state index in [4.69, 9.17) is 0 Å². The molecule has 3 aromatic rings. The number of hydrogen-bond donors (Lipinski definition) is 1. The van der Waals surface area contributed by atoms with Crippen LogP contribution in [0.15, 0.2) is 60.0 Å². The van der Waals surface area contributed by atoms with Crippen LogP contribution in [0.4, 0.5) is 5.69 Å². The Balaban J connectivity index is 1.63. The van der Waals surface area contributed by atoms with Crippen LogP contribution < -0.4 is 5.32 Å². The van der Waals surface area contributed by atoms with Gasteiger partial charge in [0, 0.05) is 5.69 Å². The summed E-state index contributed by atoms with van der Waals surface area (Å²) in [4.78, 5) is 12.8. The van der Waals surface area contributed by atoms with E-state index >= 15 is 0 Å². The van der Waals surface area contributed by atoms with E-state index in [1.54, 1.807) is 0 Å². The van der Waals surface area contributed by atoms with Gasteiger partial charge in [0.05, 0.1) is 4.88 Å². The Hall–Kier alpha value is -2.39. The summed E-state index contributed by atoms with van der Waals surface area (Å²) in [6, 6.07) is 18.4. The second-order valence-electron chi connectivity index (χ2n) is 5.14. The Morgan fingerprint density at radius 1 is 0.952 bits per heavy atom. The summed E-state index contributed by atoms with van der Waals surface area (Å²) in [6.45, 7) is 0. The average Bonchev–Trinajstić information content (AvgIpc) is 3.14. The third kappa shape index (κ3) is 2.16. The van der Waals surface area contributed by atoms with Crippen LogP contribution in [-0.2, 0) is 6.42 Å². The van der Waals surface area contributed by atoms with Crippen molar-refractivity contribution in [2.24, 2.45) is 0 Å². The van der Waals surface area contributed by atoms with Crippen LogP contribution in [0.25, 0.3) is 11.1 Å². The Kier molecular flexibility index (Phi) is 2.86. The predicted octanol–water partition coefficient (Wildman–Crippen LogP) is 4.57. The summed E-state index contributed by atoms with van der Waals surface area (Å²) in [5.41, 5.74) is 6.08. The molecule has 102 valence electrons. The van der Waals surface area contributed by atoms with E-state index in [1.165, 1.54) is 33.6 Å². The maximum absolute atomic E-state index is 12.1. The van der Waals surface area contributed by atoms with E-state index in [0.29, 0.717) is 0 Å². The lowest BCUT2D eigenvalue weighted by Gasteiger charge is -2.06. The van der Waals surface area contributed by atoms with E-state index in [-0.39, 0.29) is 5.91 Å². The van der Waals surface area contributed by atoms with Gasteiger partial charge < -0.3 is 5.32 Å². The molecule has 1 heterocycles. The molecular weight excluding hydrogens is 278 g/mol. The Labute approximate surface area is 127 Å². The lowest BCUT2D eigenvalue weighted by molar-refractivity contribution is 0.103. The molecule has 0 atom stereocenters. The Bertz CT molecular complexity index is 821. The van der Waals surface area contributed by atoms with Crippen LogP contribution >= 0.6 is 11.3 Å². The van der Waals surface area contributed by atoms with Gasteiger partial charge in [-0.25, -0.2) is 0 Å². The molecule has 21 heavy (non-hydrogen) atoms. The van der Waals surface area contributed by atoms with Crippen molar-refractivity contribution in [3.05, 3.63) is 76.0 Å². The highest BCUT2D eigenvalue weighted by Gasteiger charge is 2.18. The molecule has 0 spiro atoms. The maximum atomic E-state index is 12.1. The first-order valence-electron chi connectivity index (χ1n) is 6.87. The number of nitrogens with one attached hydrogen (secondary N) is 1. The Morgan fingerprint density at radius 2 is 1.81 bits per heavy atom. The van der Waals surface area contributed by atoms with Crippen LogP contribution in [0.5, 0.6) is 0 Å². The fourth-order valence-electron chi connectivity index (χ4n) is 2.82. The highest BCUT2D eigenvalue weighted by Crippen LogP contribution is 2.37. The molecular formula is C18H13NOS. The molecule has 1 aromatic heterocycles. The molecule has 2 nitrogen and oxygen atoms in total. The number of anilines is 1. The second kappa shape index (κ2) is 4.86. The highest BCUT2D eigenvalue weighted by molar-refractivity contribution is 7.12. The number of amides is 1. The first-order valence-corrected chi connectivity index (χ1v) is 7.75. The third-order valence-corrected chi connectivity index (χ3v) is 4.67. The van der Waals surface area contributed by atoms with Crippen molar-refractivity contribution < 1.29 is 4.79 Å². The van der Waals surface area contributed by atoms with Crippen molar-refractivity contribution in [1.29, 1.82) is 0 Å². The van der Waals surface area contributed by atoms with Crippen LogP contribution in [-0.4, -0.2) is 5.91 Å². The summed E-state index contributed by atoms with van der Waals surface area (Å²) in [7, 11) is 0. The number of fused-ring (bicyclic) bond motifs is 3. The largest absolute Gasteiger partial charge is 0.321 e. The second-order valence-corrected chi connectivity index (χ2v) is 6.08. The summed E-state index contributed by atoms with van der Waals surface area (Å²) in [5, 5.41) is 4.88. The molecule has 0 unspecified atom stereocenters. The lowest BCUT2D eigenvalue weighted by atomic mass is 10.1. The van der Waals surface area contributed by atoms with E-state index in [0.717, 1.165) is 17.0 Å². The van der Waals surface area contributed by atoms with Crippen molar-refractivity contribution >= 4 is 22.9 Å². The lowest BCUT2D eigenvalue weighted by Crippen LogP contribution is -2.10. The molecule has 1 amide bonds. The van der Waals surface area contributed by atoms with Crippen LogP contribution in [0, 0.1) is 0 Å². The molecule has 4 rings (SSSR count). The molecule has 1 aliphatic carbocycles. The first kappa shape index (κ1) is 12.4. The molecule has 0 aliphatic heterocycles. The average molecular weight is 291 g/mol. The number of carbonyl (C=O) groups is 1. The van der Waals surface area contributed by atoms with E-state index in [9.17, 15) is 4.79 Å². The number of thiophene rings is 1. The van der Waals surface area contributed by atoms with Crippen molar-refractivity contribution in [2.45, 2.75) is 6.42 Å².